The maximum atomic E-state index is 10.3. The topological polar surface area (TPSA) is 62.7 Å². The Hall–Kier alpha value is -1.18. The first-order chi connectivity index (χ1) is 10.9. The van der Waals surface area contributed by atoms with Gasteiger partial charge in [0.15, 0.2) is 5.69 Å². The summed E-state index contributed by atoms with van der Waals surface area (Å²) in [5, 5.41) is 13.7. The second kappa shape index (κ2) is 10.6. The van der Waals surface area contributed by atoms with Crippen LogP contribution >= 0.6 is 0 Å². The summed E-state index contributed by atoms with van der Waals surface area (Å²) >= 11 is 0. The van der Waals surface area contributed by atoms with E-state index in [0.717, 1.165) is 0 Å². The average Bonchev–Trinajstić information content (AvgIpc) is 2.83. The highest BCUT2D eigenvalue weighted by atomic mass is 16.8. The molecule has 0 N–H and O–H groups in total. The summed E-state index contributed by atoms with van der Waals surface area (Å²) in [7, 11) is 6.54. The van der Waals surface area contributed by atoms with Crippen molar-refractivity contribution in [1.29, 1.82) is 0 Å². The Labute approximate surface area is 140 Å². The number of nitrogens with zero attached hydrogens (tertiary/aromatic N) is 5. The van der Waals surface area contributed by atoms with Gasteiger partial charge in [-0.05, 0) is 52.0 Å². The summed E-state index contributed by atoms with van der Waals surface area (Å²) in [5.41, 5.74) is 1.16. The van der Waals surface area contributed by atoms with Crippen LogP contribution in [-0.2, 0) is 0 Å². The lowest BCUT2D eigenvalue weighted by atomic mass is 10.1. The molecule has 0 aromatic carbocycles. The zero-order chi connectivity index (χ0) is 17.2. The van der Waals surface area contributed by atoms with Crippen LogP contribution in [0.2, 0.25) is 0 Å². The molecule has 1 aromatic rings. The molecule has 2 fully saturated rings. The van der Waals surface area contributed by atoms with Crippen LogP contribution < -0.4 is 4.90 Å². The number of piperazine rings is 1. The lowest BCUT2D eigenvalue weighted by Gasteiger charge is -2.28. The molecule has 134 valence electrons. The number of rotatable bonds is 0. The van der Waals surface area contributed by atoms with Crippen molar-refractivity contribution >= 4 is 0 Å². The molecule has 2 saturated heterocycles. The van der Waals surface area contributed by atoms with Crippen LogP contribution in [0.3, 0.4) is 0 Å². The molecule has 0 unspecified atom stereocenters. The molecule has 0 saturated carbocycles. The Bertz CT molecular complexity index is 395. The summed E-state index contributed by atoms with van der Waals surface area (Å²) < 4.78 is 4.21. The second-order valence-corrected chi connectivity index (χ2v) is 6.57. The molecule has 2 aliphatic rings. The third-order valence-electron chi connectivity index (χ3n) is 4.36. The molecule has 7 heteroatoms. The van der Waals surface area contributed by atoms with Crippen LogP contribution in [0, 0.1) is 19.1 Å². The van der Waals surface area contributed by atoms with Crippen LogP contribution in [0.15, 0.2) is 4.63 Å². The fourth-order valence-corrected chi connectivity index (χ4v) is 2.32. The first-order valence-corrected chi connectivity index (χ1v) is 8.48. The third-order valence-corrected chi connectivity index (χ3v) is 4.36. The molecule has 7 nitrogen and oxygen atoms in total. The zero-order valence-electron chi connectivity index (χ0n) is 15.4. The predicted octanol–water partition coefficient (Wildman–Crippen LogP) is 0.891. The van der Waals surface area contributed by atoms with Crippen LogP contribution in [0.25, 0.3) is 0 Å². The number of hydrogen-bond donors (Lipinski definition) is 0. The summed E-state index contributed by atoms with van der Waals surface area (Å²) in [5.74, 6) is 0. The van der Waals surface area contributed by atoms with Crippen molar-refractivity contribution in [1.82, 2.24) is 19.9 Å². The van der Waals surface area contributed by atoms with Crippen molar-refractivity contribution in [2.45, 2.75) is 33.1 Å². The minimum atomic E-state index is 0.384. The van der Waals surface area contributed by atoms with E-state index in [1.807, 2.05) is 0 Å². The summed E-state index contributed by atoms with van der Waals surface area (Å²) in [6.07, 6.45) is 4.28. The smallest absolute Gasteiger partial charge is 0.217 e. The van der Waals surface area contributed by atoms with Gasteiger partial charge in [-0.1, -0.05) is 6.42 Å². The van der Waals surface area contributed by atoms with Crippen molar-refractivity contribution in [3.05, 3.63) is 16.6 Å². The van der Waals surface area contributed by atoms with Gasteiger partial charge in [-0.25, -0.2) is 0 Å². The van der Waals surface area contributed by atoms with E-state index in [1.165, 1.54) is 58.5 Å². The molecule has 23 heavy (non-hydrogen) atoms. The predicted molar refractivity (Wildman–Crippen MR) is 91.3 cm³/mol. The Kier molecular flexibility index (Phi) is 9.13. The van der Waals surface area contributed by atoms with Crippen LogP contribution in [-0.4, -0.2) is 80.3 Å². The van der Waals surface area contributed by atoms with E-state index >= 15 is 0 Å². The van der Waals surface area contributed by atoms with E-state index in [2.05, 4.69) is 45.6 Å². The molecule has 0 aliphatic carbocycles. The highest BCUT2D eigenvalue weighted by Gasteiger charge is 2.08. The molecule has 1 aromatic heterocycles. The molecular formula is C16H33N5O2. The van der Waals surface area contributed by atoms with E-state index < -0.39 is 0 Å². The average molecular weight is 327 g/mol. The van der Waals surface area contributed by atoms with Gasteiger partial charge in [0, 0.05) is 45.2 Å². The zero-order valence-corrected chi connectivity index (χ0v) is 15.4. The van der Waals surface area contributed by atoms with Gasteiger partial charge in [0.25, 0.3) is 0 Å². The van der Waals surface area contributed by atoms with Crippen LogP contribution in [0.4, 0.5) is 0 Å². The monoisotopic (exact) mass is 327 g/mol. The number of aryl methyl sites for hydroxylation is 1. The molecule has 3 heterocycles. The maximum absolute atomic E-state index is 10.3. The Balaban J connectivity index is 0.000000173. The number of likely N-dealkylation sites (N-methyl/N-ethyl adjacent to an activating group) is 2. The Morgan fingerprint density at radius 1 is 0.826 bits per heavy atom. The van der Waals surface area contributed by atoms with Crippen molar-refractivity contribution in [3.8, 4) is 0 Å². The largest absolute Gasteiger partial charge is 0.359 e. The molecular weight excluding hydrogens is 294 g/mol. The Morgan fingerprint density at radius 2 is 1.26 bits per heavy atom. The van der Waals surface area contributed by atoms with E-state index in [0.29, 0.717) is 16.3 Å². The van der Waals surface area contributed by atoms with Crippen LogP contribution in [0.1, 0.15) is 30.7 Å². The fraction of sp³-hybridized carbons (Fsp3) is 0.875. The lowest BCUT2D eigenvalue weighted by Crippen LogP contribution is -2.42. The second-order valence-electron chi connectivity index (χ2n) is 6.57. The normalized spacial score (nSPS) is 20.2. The van der Waals surface area contributed by atoms with Gasteiger partial charge in [0.1, 0.15) is 0 Å². The summed E-state index contributed by atoms with van der Waals surface area (Å²) in [6.45, 7) is 10.9. The molecule has 0 spiro atoms. The molecule has 0 atom stereocenters. The van der Waals surface area contributed by atoms with Crippen molar-refractivity contribution in [2.24, 2.45) is 0 Å². The summed E-state index contributed by atoms with van der Waals surface area (Å²) in [4.78, 5) is 7.50. The van der Waals surface area contributed by atoms with Gasteiger partial charge in [0.2, 0.25) is 5.69 Å². The first kappa shape index (κ1) is 19.9. The highest BCUT2D eigenvalue weighted by Crippen LogP contribution is 2.04. The van der Waals surface area contributed by atoms with Gasteiger partial charge in [-0.15, -0.1) is 0 Å². The summed E-state index contributed by atoms with van der Waals surface area (Å²) in [6, 6.07) is 0. The first-order valence-electron chi connectivity index (χ1n) is 8.48. The number of aromatic nitrogens is 2. The maximum Gasteiger partial charge on any atom is 0.217 e. The quantitative estimate of drug-likeness (QED) is 0.660. The minimum absolute atomic E-state index is 0.384. The number of likely N-dealkylation sites (tertiary alicyclic amines) is 1. The SMILES string of the molecule is CN1CCCCC1.CN1CCN(C)CC1.Cc1no[n+]([O-])c1C. The molecule has 3 rings (SSSR count). The van der Waals surface area contributed by atoms with Gasteiger partial charge >= 0.3 is 0 Å². The van der Waals surface area contributed by atoms with Gasteiger partial charge in [-0.2, -0.15) is 0 Å². The Morgan fingerprint density at radius 3 is 1.48 bits per heavy atom. The van der Waals surface area contributed by atoms with E-state index in [-0.39, 0.29) is 0 Å². The fourth-order valence-electron chi connectivity index (χ4n) is 2.32. The standard InChI is InChI=1S/C6H14N2.C6H13N.C4H6N2O2/c1-7-3-5-8(2)6-4-7;1-7-5-3-2-4-6-7;1-3-4(2)6(7)8-5-3/h3-6H2,1-2H3;2-6H2,1H3;1-2H3. The molecule has 0 radical (unpaired) electrons. The van der Waals surface area contributed by atoms with Gasteiger partial charge < -0.3 is 19.9 Å². The van der Waals surface area contributed by atoms with Gasteiger partial charge in [-0.3, -0.25) is 4.63 Å². The molecule has 0 bridgehead atoms. The van der Waals surface area contributed by atoms with Gasteiger partial charge in [0.05, 0.1) is 0 Å². The third kappa shape index (κ3) is 8.29. The van der Waals surface area contributed by atoms with Crippen molar-refractivity contribution in [2.75, 3.05) is 60.4 Å². The van der Waals surface area contributed by atoms with Crippen molar-refractivity contribution < 1.29 is 9.53 Å². The lowest BCUT2D eigenvalue weighted by molar-refractivity contribution is -0.806. The highest BCUT2D eigenvalue weighted by molar-refractivity contribution is 4.95. The van der Waals surface area contributed by atoms with E-state index in [4.69, 9.17) is 0 Å². The van der Waals surface area contributed by atoms with E-state index in [9.17, 15) is 5.21 Å². The molecule has 2 aliphatic heterocycles. The number of hydrogen-bond acceptors (Lipinski definition) is 6. The van der Waals surface area contributed by atoms with E-state index in [1.54, 1.807) is 13.8 Å². The molecule has 0 amide bonds. The van der Waals surface area contributed by atoms with Crippen LogP contribution in [0.5, 0.6) is 0 Å². The van der Waals surface area contributed by atoms with Crippen molar-refractivity contribution in [3.63, 3.8) is 0 Å². The minimum Gasteiger partial charge on any atom is -0.359 e. The number of piperidine rings is 1.